The molecule has 132 valence electrons. The van der Waals surface area contributed by atoms with Crippen molar-refractivity contribution < 1.29 is 8.78 Å². The Hall–Kier alpha value is -3.02. The van der Waals surface area contributed by atoms with Gasteiger partial charge in [-0.1, -0.05) is 12.1 Å². The van der Waals surface area contributed by atoms with E-state index in [1.165, 1.54) is 16.8 Å². The molecule has 1 aliphatic heterocycles. The van der Waals surface area contributed by atoms with E-state index in [4.69, 9.17) is 0 Å². The lowest BCUT2D eigenvalue weighted by Crippen LogP contribution is -2.28. The fourth-order valence-corrected chi connectivity index (χ4v) is 3.07. The van der Waals surface area contributed by atoms with Crippen molar-refractivity contribution in [3.05, 3.63) is 81.8 Å². The van der Waals surface area contributed by atoms with Crippen molar-refractivity contribution >= 4 is 11.9 Å². The number of aromatic nitrogens is 2. The Morgan fingerprint density at radius 1 is 1.12 bits per heavy atom. The molecule has 0 atom stereocenters. The number of aromatic amines is 1. The third-order valence-corrected chi connectivity index (χ3v) is 4.42. The molecule has 2 N–H and O–H groups in total. The van der Waals surface area contributed by atoms with Crippen molar-refractivity contribution in [2.75, 3.05) is 11.9 Å². The van der Waals surface area contributed by atoms with E-state index in [-0.39, 0.29) is 12.1 Å². The van der Waals surface area contributed by atoms with Crippen molar-refractivity contribution in [2.45, 2.75) is 19.4 Å². The van der Waals surface area contributed by atoms with Crippen LogP contribution in [-0.4, -0.2) is 16.5 Å². The molecule has 0 amide bonds. The lowest BCUT2D eigenvalue weighted by molar-refractivity contribution is 0.587. The molecule has 0 spiro atoms. The highest BCUT2D eigenvalue weighted by Gasteiger charge is 2.07. The first-order valence-electron chi connectivity index (χ1n) is 8.53. The topological polar surface area (TPSA) is 53.1 Å². The molecule has 26 heavy (non-hydrogen) atoms. The maximum absolute atomic E-state index is 13.6. The van der Waals surface area contributed by atoms with Crippen LogP contribution in [0.2, 0.25) is 0 Å². The summed E-state index contributed by atoms with van der Waals surface area (Å²) in [4.78, 5) is 12.0. The Balaban J connectivity index is 1.44. The van der Waals surface area contributed by atoms with Gasteiger partial charge in [0.1, 0.15) is 22.9 Å². The molecule has 6 heteroatoms. The maximum atomic E-state index is 13.6. The average Bonchev–Trinajstić information content (AvgIpc) is 3.07. The highest BCUT2D eigenvalue weighted by Crippen LogP contribution is 2.13. The number of H-pyrrole nitrogens is 1. The monoisotopic (exact) mass is 352 g/mol. The number of nitrogens with zero attached hydrogens (tertiary/aromatic N) is 2. The van der Waals surface area contributed by atoms with Crippen molar-refractivity contribution in [3.63, 3.8) is 0 Å². The molecule has 0 saturated heterocycles. The number of hydrogen-bond donors (Lipinski definition) is 2. The van der Waals surface area contributed by atoms with Gasteiger partial charge in [-0.15, -0.1) is 0 Å². The predicted molar refractivity (Wildman–Crippen MR) is 96.3 cm³/mol. The van der Waals surface area contributed by atoms with Gasteiger partial charge >= 0.3 is 0 Å². The molecule has 3 heterocycles. The second-order valence-electron chi connectivity index (χ2n) is 6.27. The number of halogens is 2. The molecule has 0 fully saturated rings. The highest BCUT2D eigenvalue weighted by atomic mass is 19.1. The van der Waals surface area contributed by atoms with Gasteiger partial charge in [-0.2, -0.15) is 0 Å². The minimum absolute atomic E-state index is 0.178. The van der Waals surface area contributed by atoms with E-state index >= 15 is 0 Å². The van der Waals surface area contributed by atoms with Gasteiger partial charge in [-0.05, 0) is 41.8 Å². The molecule has 0 radical (unpaired) electrons. The highest BCUT2D eigenvalue weighted by molar-refractivity contribution is 5.39. The molecular weight excluding hydrogens is 334 g/mol. The quantitative estimate of drug-likeness (QED) is 0.742. The lowest BCUT2D eigenvalue weighted by atomic mass is 10.1. The molecule has 1 aromatic carbocycles. The van der Waals surface area contributed by atoms with Crippen LogP contribution in [0.5, 0.6) is 0 Å². The zero-order valence-electron chi connectivity index (χ0n) is 14.1. The van der Waals surface area contributed by atoms with E-state index < -0.39 is 11.6 Å². The van der Waals surface area contributed by atoms with Crippen molar-refractivity contribution in [1.82, 2.24) is 9.97 Å². The van der Waals surface area contributed by atoms with Gasteiger partial charge in [0.15, 0.2) is 0 Å². The summed E-state index contributed by atoms with van der Waals surface area (Å²) in [6, 6.07) is 7.25. The summed E-state index contributed by atoms with van der Waals surface area (Å²) in [7, 11) is 0. The molecule has 4 rings (SSSR count). The number of hydrogen-bond acceptors (Lipinski definition) is 3. The van der Waals surface area contributed by atoms with E-state index in [0.717, 1.165) is 42.6 Å². The number of fused-ring (bicyclic) bond motifs is 1. The number of rotatable bonds is 5. The van der Waals surface area contributed by atoms with Gasteiger partial charge in [0.05, 0.1) is 0 Å². The maximum Gasteiger partial charge on any atom is 0.132 e. The molecule has 0 unspecified atom stereocenters. The summed E-state index contributed by atoms with van der Waals surface area (Å²) in [5.41, 5.74) is 3.50. The summed E-state index contributed by atoms with van der Waals surface area (Å²) in [5, 5.41) is 4.20. The smallest absolute Gasteiger partial charge is 0.132 e. The van der Waals surface area contributed by atoms with Crippen LogP contribution in [0.4, 0.5) is 14.6 Å². The first-order chi connectivity index (χ1) is 12.7. The Morgan fingerprint density at radius 2 is 2.04 bits per heavy atom. The fourth-order valence-electron chi connectivity index (χ4n) is 3.07. The predicted octanol–water partition coefficient (Wildman–Crippen LogP) is 2.69. The van der Waals surface area contributed by atoms with Crippen LogP contribution in [-0.2, 0) is 13.0 Å². The Bertz CT molecular complexity index is 1040. The van der Waals surface area contributed by atoms with Crippen LogP contribution in [0, 0.1) is 11.6 Å². The lowest BCUT2D eigenvalue weighted by Gasteiger charge is -2.08. The van der Waals surface area contributed by atoms with E-state index in [2.05, 4.69) is 26.4 Å². The second kappa shape index (κ2) is 7.07. The minimum Gasteiger partial charge on any atom is -0.366 e. The average molecular weight is 352 g/mol. The number of nitrogens with one attached hydrogen (secondary N) is 2. The van der Waals surface area contributed by atoms with Crippen molar-refractivity contribution in [2.24, 2.45) is 4.99 Å². The molecule has 1 aliphatic rings. The normalized spacial score (nSPS) is 12.8. The summed E-state index contributed by atoms with van der Waals surface area (Å²) >= 11 is 0. The van der Waals surface area contributed by atoms with Gasteiger partial charge in [-0.25, -0.2) is 13.8 Å². The Labute approximate surface area is 149 Å². The molecule has 0 saturated carbocycles. The van der Waals surface area contributed by atoms with E-state index in [1.54, 1.807) is 6.20 Å². The third kappa shape index (κ3) is 3.49. The largest absolute Gasteiger partial charge is 0.366 e. The molecule has 0 bridgehead atoms. The van der Waals surface area contributed by atoms with Crippen LogP contribution in [0.15, 0.2) is 47.7 Å². The summed E-state index contributed by atoms with van der Waals surface area (Å²) in [6.45, 7) is 1.01. The SMILES string of the molecule is Fc1ccc(F)c(CNc2ccc(Cc3c[nH]c4c3=CCCN=4)cn2)c1. The van der Waals surface area contributed by atoms with Crippen LogP contribution >= 0.6 is 0 Å². The van der Waals surface area contributed by atoms with Crippen LogP contribution in [0.1, 0.15) is 23.1 Å². The molecule has 0 aliphatic carbocycles. The zero-order chi connectivity index (χ0) is 17.9. The first kappa shape index (κ1) is 16.4. The third-order valence-electron chi connectivity index (χ3n) is 4.42. The number of benzene rings is 1. The first-order valence-corrected chi connectivity index (χ1v) is 8.53. The number of anilines is 1. The van der Waals surface area contributed by atoms with E-state index in [9.17, 15) is 8.78 Å². The van der Waals surface area contributed by atoms with Gasteiger partial charge < -0.3 is 10.3 Å². The van der Waals surface area contributed by atoms with Crippen LogP contribution in [0.25, 0.3) is 6.08 Å². The molecule has 3 aromatic rings. The van der Waals surface area contributed by atoms with Gasteiger partial charge in [0.25, 0.3) is 0 Å². The summed E-state index contributed by atoms with van der Waals surface area (Å²) in [6.07, 6.45) is 7.74. The van der Waals surface area contributed by atoms with Gasteiger partial charge in [0, 0.05) is 42.7 Å². The zero-order valence-corrected chi connectivity index (χ0v) is 14.1. The van der Waals surface area contributed by atoms with E-state index in [0.29, 0.717) is 5.82 Å². The van der Waals surface area contributed by atoms with Crippen molar-refractivity contribution in [1.29, 1.82) is 0 Å². The number of pyridine rings is 1. The fraction of sp³-hybridized carbons (Fsp3) is 0.200. The van der Waals surface area contributed by atoms with E-state index in [1.807, 2.05) is 18.3 Å². The second-order valence-corrected chi connectivity index (χ2v) is 6.27. The molecule has 2 aromatic heterocycles. The molecular formula is C20H18F2N4. The Kier molecular flexibility index (Phi) is 4.48. The molecule has 4 nitrogen and oxygen atoms in total. The van der Waals surface area contributed by atoms with Gasteiger partial charge in [-0.3, -0.25) is 4.99 Å². The van der Waals surface area contributed by atoms with Crippen LogP contribution in [0.3, 0.4) is 0 Å². The van der Waals surface area contributed by atoms with Gasteiger partial charge in [0.2, 0.25) is 0 Å². The summed E-state index contributed by atoms with van der Waals surface area (Å²) in [5.74, 6) is -0.269. The minimum atomic E-state index is -0.454. The van der Waals surface area contributed by atoms with Crippen LogP contribution < -0.4 is 16.0 Å². The Morgan fingerprint density at radius 3 is 2.88 bits per heavy atom. The standard InChI is InChI=1S/C20H18F2N4/c21-16-4-5-18(22)15(9-16)12-25-19-6-3-13(10-24-19)8-14-11-26-20-17(14)2-1-7-23-20/h2-6,9-11H,1,7-8,12H2,(H,23,26)(H,24,25). The summed E-state index contributed by atoms with van der Waals surface area (Å²) < 4.78 is 26.8. The van der Waals surface area contributed by atoms with Crippen molar-refractivity contribution in [3.8, 4) is 0 Å².